The van der Waals surface area contributed by atoms with Crippen LogP contribution < -0.4 is 5.73 Å². The smallest absolute Gasteiger partial charge is 0.0408 e. The Kier molecular flexibility index (Phi) is 4.39. The summed E-state index contributed by atoms with van der Waals surface area (Å²) in [6, 6.07) is 6.00. The lowest BCUT2D eigenvalue weighted by atomic mass is 10.1. The lowest BCUT2D eigenvalue weighted by Gasteiger charge is -2.16. The molecule has 0 aliphatic heterocycles. The van der Waals surface area contributed by atoms with Crippen LogP contribution in [0.1, 0.15) is 11.1 Å². The van der Waals surface area contributed by atoms with E-state index in [1.165, 1.54) is 11.1 Å². The van der Waals surface area contributed by atoms with E-state index in [9.17, 15) is 0 Å². The second-order valence-electron chi connectivity index (χ2n) is 3.60. The quantitative estimate of drug-likeness (QED) is 0.828. The standard InChI is InChI=1S/C11H17ClN2/c1-9-7-11(12)4-3-10(9)8-14(2)6-5-13/h3-4,7H,5-6,8,13H2,1-2H3. The maximum Gasteiger partial charge on any atom is 0.0408 e. The minimum absolute atomic E-state index is 0.698. The van der Waals surface area contributed by atoms with Crippen molar-refractivity contribution >= 4 is 11.6 Å². The van der Waals surface area contributed by atoms with Crippen LogP contribution in [0.5, 0.6) is 0 Å². The van der Waals surface area contributed by atoms with Crippen LogP contribution in [0.3, 0.4) is 0 Å². The number of aryl methyl sites for hydroxylation is 1. The molecule has 2 N–H and O–H groups in total. The molecule has 0 heterocycles. The SMILES string of the molecule is Cc1cc(Cl)ccc1CN(C)CCN. The highest BCUT2D eigenvalue weighted by molar-refractivity contribution is 6.30. The molecule has 0 atom stereocenters. The van der Waals surface area contributed by atoms with E-state index in [0.29, 0.717) is 6.54 Å². The van der Waals surface area contributed by atoms with Gasteiger partial charge in [-0.25, -0.2) is 0 Å². The van der Waals surface area contributed by atoms with Crippen LogP contribution in [0, 0.1) is 6.92 Å². The second-order valence-corrected chi connectivity index (χ2v) is 4.03. The Hall–Kier alpha value is -0.570. The Balaban J connectivity index is 2.67. The average molecular weight is 213 g/mol. The van der Waals surface area contributed by atoms with E-state index in [1.807, 2.05) is 12.1 Å². The molecule has 0 radical (unpaired) electrons. The van der Waals surface area contributed by atoms with Crippen LogP contribution in [-0.2, 0) is 6.54 Å². The number of likely N-dealkylation sites (N-methyl/N-ethyl adjacent to an activating group) is 1. The molecule has 0 spiro atoms. The summed E-state index contributed by atoms with van der Waals surface area (Å²) < 4.78 is 0. The highest BCUT2D eigenvalue weighted by Gasteiger charge is 2.02. The number of nitrogens with two attached hydrogens (primary N) is 1. The van der Waals surface area contributed by atoms with Gasteiger partial charge in [0.25, 0.3) is 0 Å². The van der Waals surface area contributed by atoms with Gasteiger partial charge in [0.1, 0.15) is 0 Å². The zero-order valence-corrected chi connectivity index (χ0v) is 9.51. The minimum atomic E-state index is 0.698. The first-order valence-electron chi connectivity index (χ1n) is 4.77. The monoisotopic (exact) mass is 212 g/mol. The van der Waals surface area contributed by atoms with Crippen molar-refractivity contribution < 1.29 is 0 Å². The van der Waals surface area contributed by atoms with Gasteiger partial charge in [0.05, 0.1) is 0 Å². The Bertz CT molecular complexity index is 299. The molecule has 0 fully saturated rings. The summed E-state index contributed by atoms with van der Waals surface area (Å²) in [6.45, 7) is 4.63. The fourth-order valence-corrected chi connectivity index (χ4v) is 1.65. The second kappa shape index (κ2) is 5.35. The molecule has 3 heteroatoms. The first-order chi connectivity index (χ1) is 6.63. The molecule has 0 saturated heterocycles. The minimum Gasteiger partial charge on any atom is -0.329 e. The van der Waals surface area contributed by atoms with Gasteiger partial charge in [-0.2, -0.15) is 0 Å². The van der Waals surface area contributed by atoms with E-state index in [2.05, 4.69) is 24.9 Å². The zero-order valence-electron chi connectivity index (χ0n) is 8.76. The largest absolute Gasteiger partial charge is 0.329 e. The highest BCUT2D eigenvalue weighted by Crippen LogP contribution is 2.16. The van der Waals surface area contributed by atoms with Crippen LogP contribution in [0.15, 0.2) is 18.2 Å². The molecule has 78 valence electrons. The Morgan fingerprint density at radius 1 is 1.43 bits per heavy atom. The number of nitrogens with zero attached hydrogens (tertiary/aromatic N) is 1. The van der Waals surface area contributed by atoms with Crippen molar-refractivity contribution in [2.24, 2.45) is 5.73 Å². The highest BCUT2D eigenvalue weighted by atomic mass is 35.5. The number of halogens is 1. The average Bonchev–Trinajstić information content (AvgIpc) is 2.10. The van der Waals surface area contributed by atoms with Crippen molar-refractivity contribution in [3.63, 3.8) is 0 Å². The Morgan fingerprint density at radius 2 is 2.14 bits per heavy atom. The molecule has 0 amide bonds. The predicted octanol–water partition coefficient (Wildman–Crippen LogP) is 2.04. The van der Waals surface area contributed by atoms with E-state index in [4.69, 9.17) is 17.3 Å². The predicted molar refractivity (Wildman–Crippen MR) is 61.6 cm³/mol. The fraction of sp³-hybridized carbons (Fsp3) is 0.455. The van der Waals surface area contributed by atoms with Gasteiger partial charge in [0.15, 0.2) is 0 Å². The molecule has 1 aromatic carbocycles. The summed E-state index contributed by atoms with van der Waals surface area (Å²) in [5.41, 5.74) is 8.03. The van der Waals surface area contributed by atoms with Crippen LogP contribution in [-0.4, -0.2) is 25.0 Å². The molecule has 2 nitrogen and oxygen atoms in total. The Morgan fingerprint density at radius 3 is 2.71 bits per heavy atom. The van der Waals surface area contributed by atoms with Crippen molar-refractivity contribution in [3.05, 3.63) is 34.3 Å². The van der Waals surface area contributed by atoms with Crippen LogP contribution in [0.25, 0.3) is 0 Å². The molecule has 0 saturated carbocycles. The maximum atomic E-state index is 5.88. The third kappa shape index (κ3) is 3.29. The van der Waals surface area contributed by atoms with Gasteiger partial charge in [-0.15, -0.1) is 0 Å². The number of hydrogen-bond donors (Lipinski definition) is 1. The molecule has 0 bridgehead atoms. The molecule has 0 aromatic heterocycles. The van der Waals surface area contributed by atoms with Crippen LogP contribution >= 0.6 is 11.6 Å². The number of hydrogen-bond acceptors (Lipinski definition) is 2. The first kappa shape index (κ1) is 11.5. The normalized spacial score (nSPS) is 10.9. The summed E-state index contributed by atoms with van der Waals surface area (Å²) in [7, 11) is 2.07. The van der Waals surface area contributed by atoms with Crippen molar-refractivity contribution in [1.82, 2.24) is 4.90 Å². The van der Waals surface area contributed by atoms with Crippen molar-refractivity contribution in [3.8, 4) is 0 Å². The summed E-state index contributed by atoms with van der Waals surface area (Å²) in [4.78, 5) is 2.20. The van der Waals surface area contributed by atoms with Crippen molar-refractivity contribution in [2.45, 2.75) is 13.5 Å². The van der Waals surface area contributed by atoms with E-state index in [1.54, 1.807) is 0 Å². The van der Waals surface area contributed by atoms with E-state index < -0.39 is 0 Å². The van der Waals surface area contributed by atoms with Crippen LogP contribution in [0.2, 0.25) is 5.02 Å². The zero-order chi connectivity index (χ0) is 10.6. The number of benzene rings is 1. The first-order valence-corrected chi connectivity index (χ1v) is 5.15. The fourth-order valence-electron chi connectivity index (χ4n) is 1.43. The van der Waals surface area contributed by atoms with Gasteiger partial charge >= 0.3 is 0 Å². The third-order valence-electron chi connectivity index (χ3n) is 2.26. The summed E-state index contributed by atoms with van der Waals surface area (Å²) in [5.74, 6) is 0. The summed E-state index contributed by atoms with van der Waals surface area (Å²) in [5, 5.41) is 0.799. The Labute approximate surface area is 90.7 Å². The van der Waals surface area contributed by atoms with Gasteiger partial charge in [0.2, 0.25) is 0 Å². The molecule has 14 heavy (non-hydrogen) atoms. The number of rotatable bonds is 4. The summed E-state index contributed by atoms with van der Waals surface area (Å²) in [6.07, 6.45) is 0. The van der Waals surface area contributed by atoms with E-state index in [0.717, 1.165) is 18.1 Å². The third-order valence-corrected chi connectivity index (χ3v) is 2.49. The van der Waals surface area contributed by atoms with Gasteiger partial charge in [-0.3, -0.25) is 0 Å². The topological polar surface area (TPSA) is 29.3 Å². The molecular formula is C11H17ClN2. The molecule has 1 aromatic rings. The lowest BCUT2D eigenvalue weighted by molar-refractivity contribution is 0.335. The van der Waals surface area contributed by atoms with E-state index in [-0.39, 0.29) is 0 Å². The van der Waals surface area contributed by atoms with Gasteiger partial charge in [-0.05, 0) is 37.2 Å². The molecule has 0 unspecified atom stereocenters. The van der Waals surface area contributed by atoms with Gasteiger partial charge < -0.3 is 10.6 Å². The molecular weight excluding hydrogens is 196 g/mol. The van der Waals surface area contributed by atoms with Crippen LogP contribution in [0.4, 0.5) is 0 Å². The lowest BCUT2D eigenvalue weighted by Crippen LogP contribution is -2.25. The van der Waals surface area contributed by atoms with Crippen molar-refractivity contribution in [2.75, 3.05) is 20.1 Å². The molecule has 1 rings (SSSR count). The van der Waals surface area contributed by atoms with Gasteiger partial charge in [0, 0.05) is 24.7 Å². The molecule has 0 aliphatic rings. The van der Waals surface area contributed by atoms with Gasteiger partial charge in [-0.1, -0.05) is 17.7 Å². The van der Waals surface area contributed by atoms with E-state index >= 15 is 0 Å². The van der Waals surface area contributed by atoms with Crippen molar-refractivity contribution in [1.29, 1.82) is 0 Å². The molecule has 0 aliphatic carbocycles. The summed E-state index contributed by atoms with van der Waals surface area (Å²) >= 11 is 5.88. The maximum absolute atomic E-state index is 5.88.